The summed E-state index contributed by atoms with van der Waals surface area (Å²) in [4.78, 5) is 13.8. The first kappa shape index (κ1) is 25.9. The van der Waals surface area contributed by atoms with Crippen LogP contribution in [0.4, 0.5) is 5.95 Å². The second-order valence-electron chi connectivity index (χ2n) is 8.85. The number of rotatable bonds is 11. The maximum atomic E-state index is 10.9. The molecule has 10 heteroatoms. The van der Waals surface area contributed by atoms with Gasteiger partial charge in [-0.15, -0.1) is 0 Å². The van der Waals surface area contributed by atoms with Gasteiger partial charge in [0.15, 0.2) is 0 Å². The van der Waals surface area contributed by atoms with Crippen molar-refractivity contribution in [1.29, 1.82) is 10.8 Å². The fraction of sp³-hybridized carbons (Fsp3) is 0.333. The second kappa shape index (κ2) is 12.2. The normalized spacial score (nSPS) is 14.7. The monoisotopic (exact) mass is 498 g/mol. The molecular formula is C27H30N8O2. The lowest BCUT2D eigenvalue weighted by Gasteiger charge is -2.21. The molecule has 0 unspecified atom stereocenters. The van der Waals surface area contributed by atoms with Gasteiger partial charge in [-0.1, -0.05) is 31.0 Å². The van der Waals surface area contributed by atoms with Crippen LogP contribution in [0.1, 0.15) is 48.3 Å². The minimum atomic E-state index is -0.847. The molecule has 1 fully saturated rings. The molecule has 0 amide bonds. The van der Waals surface area contributed by atoms with Crippen molar-refractivity contribution in [3.8, 4) is 17.3 Å². The summed E-state index contributed by atoms with van der Waals surface area (Å²) in [6.45, 7) is 1.37. The zero-order chi connectivity index (χ0) is 26.1. The summed E-state index contributed by atoms with van der Waals surface area (Å²) in [6.07, 6.45) is 5.07. The van der Waals surface area contributed by atoms with Gasteiger partial charge in [0.1, 0.15) is 11.3 Å². The van der Waals surface area contributed by atoms with E-state index >= 15 is 0 Å². The number of hydrogen-bond donors (Lipinski definition) is 4. The van der Waals surface area contributed by atoms with Crippen LogP contribution in [0.2, 0.25) is 0 Å². The molecule has 190 valence electrons. The van der Waals surface area contributed by atoms with Crippen LogP contribution in [0.3, 0.4) is 0 Å². The lowest BCUT2D eigenvalue weighted by molar-refractivity contribution is 0.0397. The minimum Gasteiger partial charge on any atom is -0.384 e. The summed E-state index contributed by atoms with van der Waals surface area (Å²) in [5.41, 5.74) is 11.0. The average molecular weight is 499 g/mol. The highest BCUT2D eigenvalue weighted by molar-refractivity contribution is 5.69. The Bertz CT molecular complexity index is 1310. The van der Waals surface area contributed by atoms with Gasteiger partial charge in [0.2, 0.25) is 5.95 Å². The van der Waals surface area contributed by atoms with Crippen LogP contribution < -0.4 is 10.6 Å². The number of methoxy groups -OCH3 is 1. The molecule has 0 radical (unpaired) electrons. The summed E-state index contributed by atoms with van der Waals surface area (Å²) in [5, 5.41) is 30.1. The Labute approximate surface area is 216 Å². The molecule has 3 aromatic rings. The largest absolute Gasteiger partial charge is 0.384 e. The Morgan fingerprint density at radius 3 is 2.76 bits per heavy atom. The van der Waals surface area contributed by atoms with Crippen LogP contribution in [0.25, 0.3) is 17.0 Å². The van der Waals surface area contributed by atoms with E-state index in [1.165, 1.54) is 0 Å². The molecule has 10 nitrogen and oxygen atoms in total. The van der Waals surface area contributed by atoms with E-state index in [1.807, 2.05) is 24.3 Å². The summed E-state index contributed by atoms with van der Waals surface area (Å²) in [5.74, 6) is 0.362. The van der Waals surface area contributed by atoms with Crippen molar-refractivity contribution in [2.75, 3.05) is 25.6 Å². The van der Waals surface area contributed by atoms with Gasteiger partial charge >= 0.3 is 0 Å². The number of hydrogen-bond acceptors (Lipinski definition) is 10. The third kappa shape index (κ3) is 6.52. The molecule has 0 spiro atoms. The zero-order valence-corrected chi connectivity index (χ0v) is 20.7. The molecule has 2 heterocycles. The zero-order valence-electron chi connectivity index (χ0n) is 20.7. The smallest absolute Gasteiger partial charge is 0.223 e. The number of nitrogens with one attached hydrogen (secondary N) is 3. The minimum absolute atomic E-state index is 0.306. The van der Waals surface area contributed by atoms with Crippen molar-refractivity contribution in [3.63, 3.8) is 0 Å². The summed E-state index contributed by atoms with van der Waals surface area (Å²) in [6, 6.07) is 16.7. The van der Waals surface area contributed by atoms with E-state index in [9.17, 15) is 10.4 Å². The van der Waals surface area contributed by atoms with Gasteiger partial charge < -0.3 is 20.5 Å². The third-order valence-electron chi connectivity index (χ3n) is 6.22. The highest BCUT2D eigenvalue weighted by Crippen LogP contribution is 2.37. The summed E-state index contributed by atoms with van der Waals surface area (Å²) < 4.78 is 5.10. The maximum Gasteiger partial charge on any atom is 0.223 e. The summed E-state index contributed by atoms with van der Waals surface area (Å²) >= 11 is 0. The van der Waals surface area contributed by atoms with Crippen LogP contribution in [0, 0.1) is 16.9 Å². The predicted molar refractivity (Wildman–Crippen MR) is 139 cm³/mol. The molecule has 1 aliphatic rings. The molecule has 2 aromatic heterocycles. The number of ether oxygens (including phenoxy) is 1. The highest BCUT2D eigenvalue weighted by atomic mass is 16.5. The van der Waals surface area contributed by atoms with Crippen molar-refractivity contribution >= 4 is 11.6 Å². The molecule has 0 aliphatic heterocycles. The van der Waals surface area contributed by atoms with Crippen LogP contribution in [0.15, 0.2) is 59.8 Å². The number of pyridine rings is 1. The SMILES string of the molecule is COCCNc1nc(/C(=C/NCc2cccc(C3(O)CCCC3)n2)N=N)cc(-c2cccc(C#N)c2)n1. The molecule has 4 N–H and O–H groups in total. The van der Waals surface area contributed by atoms with Gasteiger partial charge in [-0.2, -0.15) is 10.4 Å². The average Bonchev–Trinajstić information content (AvgIpc) is 3.39. The Hall–Kier alpha value is -4.20. The second-order valence-corrected chi connectivity index (χ2v) is 8.85. The molecule has 1 aromatic carbocycles. The number of nitriles is 1. The number of nitrogens with zero attached hydrogens (tertiary/aromatic N) is 5. The van der Waals surface area contributed by atoms with Gasteiger partial charge in [-0.25, -0.2) is 15.5 Å². The van der Waals surface area contributed by atoms with E-state index in [4.69, 9.17) is 10.3 Å². The van der Waals surface area contributed by atoms with E-state index in [0.29, 0.717) is 54.0 Å². The molecule has 4 rings (SSSR count). The number of aromatic nitrogens is 3. The first-order valence-corrected chi connectivity index (χ1v) is 12.2. The molecule has 1 aliphatic carbocycles. The first-order chi connectivity index (χ1) is 18.0. The number of anilines is 1. The van der Waals surface area contributed by atoms with Gasteiger partial charge in [0.05, 0.1) is 47.6 Å². The standard InChI is InChI=1S/C27H30N8O2/c1-37-13-12-31-26-33-22(20-7-4-6-19(14-20)16-28)15-23(34-26)24(35-29)18-30-17-21-8-5-9-25(32-21)27(36)10-2-3-11-27/h4-9,14-15,18,29-30,36H,2-3,10-13,17H2,1H3,(H,31,33,34)/b24-18-,35-29?. The fourth-order valence-electron chi connectivity index (χ4n) is 4.29. The topological polar surface area (TPSA) is 152 Å². The molecule has 0 bridgehead atoms. The van der Waals surface area contributed by atoms with Crippen molar-refractivity contribution in [2.45, 2.75) is 37.8 Å². The van der Waals surface area contributed by atoms with Gasteiger partial charge in [-0.3, -0.25) is 4.98 Å². The summed E-state index contributed by atoms with van der Waals surface area (Å²) in [7, 11) is 1.61. The Morgan fingerprint density at radius 2 is 2.00 bits per heavy atom. The fourth-order valence-corrected chi connectivity index (χ4v) is 4.29. The molecule has 0 saturated heterocycles. The molecular weight excluding hydrogens is 468 g/mol. The quantitative estimate of drug-likeness (QED) is 0.225. The Kier molecular flexibility index (Phi) is 8.51. The lowest BCUT2D eigenvalue weighted by Crippen LogP contribution is -2.23. The van der Waals surface area contributed by atoms with Gasteiger partial charge in [0.25, 0.3) is 0 Å². The highest BCUT2D eigenvalue weighted by Gasteiger charge is 2.34. The van der Waals surface area contributed by atoms with Crippen molar-refractivity contribution in [1.82, 2.24) is 20.3 Å². The molecule has 37 heavy (non-hydrogen) atoms. The van der Waals surface area contributed by atoms with E-state index in [0.717, 1.165) is 36.9 Å². The van der Waals surface area contributed by atoms with Crippen LogP contribution >= 0.6 is 0 Å². The van der Waals surface area contributed by atoms with E-state index in [2.05, 4.69) is 36.8 Å². The van der Waals surface area contributed by atoms with Crippen molar-refractivity contribution < 1.29 is 9.84 Å². The predicted octanol–water partition coefficient (Wildman–Crippen LogP) is 4.35. The van der Waals surface area contributed by atoms with Gasteiger partial charge in [0, 0.05) is 25.4 Å². The first-order valence-electron chi connectivity index (χ1n) is 12.2. The maximum absolute atomic E-state index is 10.9. The number of benzene rings is 1. The van der Waals surface area contributed by atoms with Crippen molar-refractivity contribution in [3.05, 3.63) is 77.4 Å². The van der Waals surface area contributed by atoms with E-state index < -0.39 is 5.60 Å². The number of aliphatic hydroxyl groups is 1. The van der Waals surface area contributed by atoms with Crippen molar-refractivity contribution in [2.24, 2.45) is 5.11 Å². The van der Waals surface area contributed by atoms with Crippen LogP contribution in [-0.2, 0) is 16.9 Å². The Balaban J connectivity index is 1.57. The lowest BCUT2D eigenvalue weighted by atomic mass is 9.97. The Morgan fingerprint density at radius 1 is 1.19 bits per heavy atom. The van der Waals surface area contributed by atoms with Crippen LogP contribution in [0.5, 0.6) is 0 Å². The van der Waals surface area contributed by atoms with Crippen LogP contribution in [-0.4, -0.2) is 40.3 Å². The van der Waals surface area contributed by atoms with E-state index in [-0.39, 0.29) is 0 Å². The van der Waals surface area contributed by atoms with E-state index in [1.54, 1.807) is 37.6 Å². The third-order valence-corrected chi connectivity index (χ3v) is 6.22. The molecule has 1 saturated carbocycles. The van der Waals surface area contributed by atoms with Gasteiger partial charge in [-0.05, 0) is 43.2 Å². The molecule has 0 atom stereocenters.